The normalized spacial score (nSPS) is 12.4. The molecule has 0 fully saturated rings. The average molecular weight is 264 g/mol. The van der Waals surface area contributed by atoms with E-state index in [1.165, 1.54) is 11.5 Å². The van der Waals surface area contributed by atoms with Crippen molar-refractivity contribution >= 4 is 11.5 Å². The third-order valence-corrected chi connectivity index (χ3v) is 3.57. The van der Waals surface area contributed by atoms with Crippen LogP contribution in [0.2, 0.25) is 0 Å². The second kappa shape index (κ2) is 5.93. The monoisotopic (exact) mass is 264 g/mol. The van der Waals surface area contributed by atoms with Gasteiger partial charge in [-0.05, 0) is 24.0 Å². The molecule has 4 nitrogen and oxygen atoms in total. The highest BCUT2D eigenvalue weighted by Crippen LogP contribution is 2.32. The number of ether oxygens (including phenoxy) is 1. The minimum Gasteiger partial charge on any atom is -0.496 e. The Labute approximate surface area is 110 Å². The van der Waals surface area contributed by atoms with Crippen molar-refractivity contribution in [3.8, 4) is 5.75 Å². The number of benzene rings is 1. The molecule has 1 heterocycles. The van der Waals surface area contributed by atoms with Crippen molar-refractivity contribution in [3.63, 3.8) is 0 Å². The highest BCUT2D eigenvalue weighted by molar-refractivity contribution is 7.05. The summed E-state index contributed by atoms with van der Waals surface area (Å²) < 4.78 is 9.20. The van der Waals surface area contributed by atoms with E-state index in [1.807, 2.05) is 24.3 Å². The smallest absolute Gasteiger partial charge is 0.125 e. The molecule has 96 valence electrons. The topological polar surface area (TPSA) is 55.2 Å². The highest BCUT2D eigenvalue weighted by Gasteiger charge is 2.21. The Morgan fingerprint density at radius 3 is 2.89 bits per heavy atom. The first-order valence-corrected chi connectivity index (χ1v) is 6.67. The molecule has 2 rings (SSSR count). The van der Waals surface area contributed by atoms with Gasteiger partial charge in [-0.3, -0.25) is 0 Å². The van der Waals surface area contributed by atoms with E-state index < -0.39 is 6.10 Å². The number of nitrogens with zero attached hydrogens (tertiary/aromatic N) is 2. The largest absolute Gasteiger partial charge is 0.496 e. The van der Waals surface area contributed by atoms with Gasteiger partial charge in [-0.15, -0.1) is 5.10 Å². The van der Waals surface area contributed by atoms with Gasteiger partial charge in [-0.25, -0.2) is 0 Å². The van der Waals surface area contributed by atoms with Gasteiger partial charge in [-0.2, -0.15) is 0 Å². The quantitative estimate of drug-likeness (QED) is 0.901. The van der Waals surface area contributed by atoms with Crippen molar-refractivity contribution in [2.75, 3.05) is 7.11 Å². The van der Waals surface area contributed by atoms with Gasteiger partial charge in [0.1, 0.15) is 11.9 Å². The summed E-state index contributed by atoms with van der Waals surface area (Å²) in [7, 11) is 1.60. The van der Waals surface area contributed by atoms with E-state index in [9.17, 15) is 5.11 Å². The van der Waals surface area contributed by atoms with Gasteiger partial charge in [0.25, 0.3) is 0 Å². The number of aliphatic hydroxyl groups excluding tert-OH is 1. The van der Waals surface area contributed by atoms with Crippen molar-refractivity contribution in [2.24, 2.45) is 0 Å². The predicted molar refractivity (Wildman–Crippen MR) is 71.0 cm³/mol. The maximum atomic E-state index is 10.5. The maximum Gasteiger partial charge on any atom is 0.125 e. The number of aromatic nitrogens is 2. The summed E-state index contributed by atoms with van der Waals surface area (Å²) in [6.45, 7) is 2.08. The molecule has 1 unspecified atom stereocenters. The van der Waals surface area contributed by atoms with Crippen molar-refractivity contribution in [3.05, 3.63) is 40.4 Å². The Kier molecular flexibility index (Phi) is 4.28. The summed E-state index contributed by atoms with van der Waals surface area (Å²) in [5, 5.41) is 14.5. The zero-order valence-electron chi connectivity index (χ0n) is 10.5. The van der Waals surface area contributed by atoms with Crippen molar-refractivity contribution < 1.29 is 9.84 Å². The second-order valence-electron chi connectivity index (χ2n) is 3.98. The Morgan fingerprint density at radius 2 is 2.17 bits per heavy atom. The Morgan fingerprint density at radius 1 is 1.39 bits per heavy atom. The third kappa shape index (κ3) is 2.52. The number of rotatable bonds is 5. The number of hydrogen-bond donors (Lipinski definition) is 1. The maximum absolute atomic E-state index is 10.5. The summed E-state index contributed by atoms with van der Waals surface area (Å²) in [5.74, 6) is 0.681. The van der Waals surface area contributed by atoms with Crippen LogP contribution in [0.15, 0.2) is 24.3 Å². The molecular formula is C13H16N2O2S. The lowest BCUT2D eigenvalue weighted by atomic mass is 10.0. The summed E-state index contributed by atoms with van der Waals surface area (Å²) in [6, 6.07) is 7.47. The zero-order chi connectivity index (χ0) is 13.0. The van der Waals surface area contributed by atoms with E-state index in [0.29, 0.717) is 5.75 Å². The van der Waals surface area contributed by atoms with E-state index in [1.54, 1.807) is 7.11 Å². The molecule has 0 radical (unpaired) electrons. The van der Waals surface area contributed by atoms with Gasteiger partial charge in [0.15, 0.2) is 0 Å². The number of para-hydroxylation sites is 1. The standard InChI is InChI=1S/C13H16N2O2S/c1-3-6-10-13(18-15-14-10)12(16)9-7-4-5-8-11(9)17-2/h4-5,7-8,12,16H,3,6H2,1-2H3. The number of methoxy groups -OCH3 is 1. The van der Waals surface area contributed by atoms with E-state index in [4.69, 9.17) is 4.74 Å². The van der Waals surface area contributed by atoms with Crippen LogP contribution in [-0.4, -0.2) is 21.8 Å². The van der Waals surface area contributed by atoms with Gasteiger partial charge in [0, 0.05) is 5.56 Å². The van der Waals surface area contributed by atoms with Crippen LogP contribution in [0, 0.1) is 0 Å². The molecule has 0 bridgehead atoms. The molecule has 0 spiro atoms. The van der Waals surface area contributed by atoms with Crippen molar-refractivity contribution in [1.82, 2.24) is 9.59 Å². The summed E-state index contributed by atoms with van der Waals surface area (Å²) in [5.41, 5.74) is 1.63. The molecule has 0 saturated carbocycles. The fraction of sp³-hybridized carbons (Fsp3) is 0.385. The predicted octanol–water partition coefficient (Wildman–Crippen LogP) is 2.58. The first-order valence-electron chi connectivity index (χ1n) is 5.90. The van der Waals surface area contributed by atoms with Gasteiger partial charge in [0.05, 0.1) is 17.7 Å². The summed E-state index contributed by atoms with van der Waals surface area (Å²) in [4.78, 5) is 0.807. The molecule has 0 amide bonds. The molecule has 1 atom stereocenters. The molecule has 2 aromatic rings. The fourth-order valence-electron chi connectivity index (χ4n) is 1.87. The molecule has 1 aromatic carbocycles. The molecule has 18 heavy (non-hydrogen) atoms. The molecule has 1 N–H and O–H groups in total. The lowest BCUT2D eigenvalue weighted by molar-refractivity contribution is 0.217. The van der Waals surface area contributed by atoms with Gasteiger partial charge < -0.3 is 9.84 Å². The van der Waals surface area contributed by atoms with E-state index >= 15 is 0 Å². The lowest BCUT2D eigenvalue weighted by Gasteiger charge is -2.13. The molecule has 0 saturated heterocycles. The van der Waals surface area contributed by atoms with Crippen LogP contribution in [0.3, 0.4) is 0 Å². The Hall–Kier alpha value is -1.46. The van der Waals surface area contributed by atoms with Gasteiger partial charge in [-0.1, -0.05) is 36.0 Å². The SMILES string of the molecule is CCCc1nnsc1C(O)c1ccccc1OC. The summed E-state index contributed by atoms with van der Waals surface area (Å²) >= 11 is 1.24. The van der Waals surface area contributed by atoms with E-state index in [-0.39, 0.29) is 0 Å². The van der Waals surface area contributed by atoms with Crippen LogP contribution in [0.1, 0.15) is 35.6 Å². The van der Waals surface area contributed by atoms with Crippen LogP contribution < -0.4 is 4.74 Å². The van der Waals surface area contributed by atoms with Gasteiger partial charge in [0.2, 0.25) is 0 Å². The minimum absolute atomic E-state index is 0.681. The lowest BCUT2D eigenvalue weighted by Crippen LogP contribution is -2.03. The van der Waals surface area contributed by atoms with Crippen molar-refractivity contribution in [1.29, 1.82) is 0 Å². The molecular weight excluding hydrogens is 248 g/mol. The van der Waals surface area contributed by atoms with Gasteiger partial charge >= 0.3 is 0 Å². The van der Waals surface area contributed by atoms with Crippen LogP contribution in [0.5, 0.6) is 5.75 Å². The average Bonchev–Trinajstić information content (AvgIpc) is 2.86. The third-order valence-electron chi connectivity index (χ3n) is 2.75. The fourth-order valence-corrected chi connectivity index (χ4v) is 2.57. The molecule has 0 aliphatic carbocycles. The number of aliphatic hydroxyl groups is 1. The number of hydrogen-bond acceptors (Lipinski definition) is 5. The molecule has 0 aliphatic rings. The molecule has 1 aromatic heterocycles. The summed E-state index contributed by atoms with van der Waals surface area (Å²) in [6.07, 6.45) is 1.09. The molecule has 0 aliphatic heterocycles. The van der Waals surface area contributed by atoms with Crippen LogP contribution in [0.4, 0.5) is 0 Å². The molecule has 5 heteroatoms. The first kappa shape index (κ1) is 13.0. The Bertz CT molecular complexity index is 513. The second-order valence-corrected chi connectivity index (χ2v) is 4.76. The van der Waals surface area contributed by atoms with Crippen LogP contribution in [0.25, 0.3) is 0 Å². The minimum atomic E-state index is -0.720. The Balaban J connectivity index is 2.35. The van der Waals surface area contributed by atoms with E-state index in [2.05, 4.69) is 16.5 Å². The van der Waals surface area contributed by atoms with Crippen LogP contribution in [-0.2, 0) is 6.42 Å². The number of aryl methyl sites for hydroxylation is 1. The van der Waals surface area contributed by atoms with E-state index in [0.717, 1.165) is 29.0 Å². The zero-order valence-corrected chi connectivity index (χ0v) is 11.3. The first-order chi connectivity index (χ1) is 8.77. The van der Waals surface area contributed by atoms with Crippen molar-refractivity contribution in [2.45, 2.75) is 25.9 Å². The highest BCUT2D eigenvalue weighted by atomic mass is 32.1. The van der Waals surface area contributed by atoms with Crippen LogP contribution >= 0.6 is 11.5 Å².